The first-order chi connectivity index (χ1) is 18.1. The maximum absolute atomic E-state index is 13.2. The van der Waals surface area contributed by atoms with Gasteiger partial charge in [0.15, 0.2) is 0 Å². The summed E-state index contributed by atoms with van der Waals surface area (Å²) in [7, 11) is 3.15. The highest BCUT2D eigenvalue weighted by atomic mass is 16.5. The third-order valence-electron chi connectivity index (χ3n) is 5.67. The van der Waals surface area contributed by atoms with Crippen molar-refractivity contribution in [3.63, 3.8) is 0 Å². The molecular formula is C28H37N5O5. The summed E-state index contributed by atoms with van der Waals surface area (Å²) in [5.74, 6) is 1.57. The van der Waals surface area contributed by atoms with Crippen molar-refractivity contribution < 1.29 is 23.8 Å². The highest BCUT2D eigenvalue weighted by Crippen LogP contribution is 2.27. The topological polar surface area (TPSA) is 107 Å². The number of aromatic nitrogens is 2. The predicted molar refractivity (Wildman–Crippen MR) is 148 cm³/mol. The summed E-state index contributed by atoms with van der Waals surface area (Å²) in [5.41, 5.74) is 1.93. The normalized spacial score (nSPS) is 11.1. The largest absolute Gasteiger partial charge is 0.497 e. The first-order valence-electron chi connectivity index (χ1n) is 12.5. The molecule has 10 nitrogen and oxygen atoms in total. The van der Waals surface area contributed by atoms with Gasteiger partial charge in [-0.3, -0.25) is 4.79 Å². The Hall–Kier alpha value is -4.05. The van der Waals surface area contributed by atoms with Crippen molar-refractivity contribution in [2.75, 3.05) is 51.2 Å². The zero-order valence-electron chi connectivity index (χ0n) is 22.9. The minimum absolute atomic E-state index is 0.176. The number of anilines is 2. The first kappa shape index (κ1) is 28.5. The van der Waals surface area contributed by atoms with Crippen molar-refractivity contribution >= 4 is 23.4 Å². The smallest absolute Gasteiger partial charge is 0.322 e. The van der Waals surface area contributed by atoms with Gasteiger partial charge in [0.2, 0.25) is 5.91 Å². The van der Waals surface area contributed by atoms with E-state index in [-0.39, 0.29) is 31.0 Å². The molecular weight excluding hydrogens is 486 g/mol. The summed E-state index contributed by atoms with van der Waals surface area (Å²) < 4.78 is 17.5. The zero-order valence-corrected chi connectivity index (χ0v) is 22.9. The number of ether oxygens (including phenoxy) is 3. The van der Waals surface area contributed by atoms with Gasteiger partial charge in [0, 0.05) is 30.8 Å². The average Bonchev–Trinajstić information content (AvgIpc) is 3.32. The third-order valence-corrected chi connectivity index (χ3v) is 5.67. The lowest BCUT2D eigenvalue weighted by Gasteiger charge is -2.22. The van der Waals surface area contributed by atoms with Crippen molar-refractivity contribution in [2.45, 2.75) is 33.1 Å². The van der Waals surface area contributed by atoms with Crippen LogP contribution in [0.3, 0.4) is 0 Å². The van der Waals surface area contributed by atoms with E-state index in [2.05, 4.69) is 31.4 Å². The lowest BCUT2D eigenvalue weighted by Crippen LogP contribution is -2.42. The van der Waals surface area contributed by atoms with Crippen molar-refractivity contribution in [2.24, 2.45) is 0 Å². The van der Waals surface area contributed by atoms with Crippen LogP contribution in [0.25, 0.3) is 5.69 Å². The van der Waals surface area contributed by atoms with Crippen molar-refractivity contribution in [1.82, 2.24) is 14.7 Å². The summed E-state index contributed by atoms with van der Waals surface area (Å²) in [6.07, 6.45) is 0. The number of nitrogens with zero attached hydrogens (tertiary/aromatic N) is 3. The summed E-state index contributed by atoms with van der Waals surface area (Å²) >= 11 is 0. The van der Waals surface area contributed by atoms with Crippen LogP contribution in [-0.2, 0) is 14.9 Å². The number of urea groups is 1. The van der Waals surface area contributed by atoms with E-state index in [1.165, 1.54) is 4.90 Å². The number of nitrogens with one attached hydrogen (secondary N) is 2. The first-order valence-corrected chi connectivity index (χ1v) is 12.5. The van der Waals surface area contributed by atoms with Gasteiger partial charge in [0.25, 0.3) is 0 Å². The minimum Gasteiger partial charge on any atom is -0.497 e. The molecule has 0 bridgehead atoms. The molecule has 0 aliphatic rings. The summed E-state index contributed by atoms with van der Waals surface area (Å²) in [6.45, 7) is 8.96. The Labute approximate surface area is 223 Å². The molecule has 10 heteroatoms. The van der Waals surface area contributed by atoms with Crippen molar-refractivity contribution in [1.29, 1.82) is 0 Å². The van der Waals surface area contributed by atoms with E-state index in [1.54, 1.807) is 43.2 Å². The monoisotopic (exact) mass is 523 g/mol. The Morgan fingerprint density at radius 2 is 1.63 bits per heavy atom. The van der Waals surface area contributed by atoms with Gasteiger partial charge in [-0.25, -0.2) is 9.48 Å². The second kappa shape index (κ2) is 13.0. The molecule has 0 saturated carbocycles. The standard InChI is InChI=1S/C28H37N5O5/c1-7-38-23-12-8-20(9-13-23)29-27(35)32(16-17-36-5)19-26(34)30-25-18-24(28(2,3)4)31-33(25)21-10-14-22(37-6)15-11-21/h8-15,18H,7,16-17,19H2,1-6H3,(H,29,35)(H,30,34). The average molecular weight is 524 g/mol. The number of carbonyl (C=O) groups excluding carboxylic acids is 2. The molecule has 2 N–H and O–H groups in total. The van der Waals surface area contributed by atoms with Crippen LogP contribution in [0, 0.1) is 0 Å². The van der Waals surface area contributed by atoms with Gasteiger partial charge < -0.3 is 29.7 Å². The Bertz CT molecular complexity index is 1200. The molecule has 2 aromatic carbocycles. The third kappa shape index (κ3) is 7.72. The van der Waals surface area contributed by atoms with E-state index in [0.717, 1.165) is 17.1 Å². The predicted octanol–water partition coefficient (Wildman–Crippen LogP) is 4.70. The molecule has 0 saturated heterocycles. The number of hydrogen-bond acceptors (Lipinski definition) is 6. The van der Waals surface area contributed by atoms with Crippen LogP contribution in [0.2, 0.25) is 0 Å². The van der Waals surface area contributed by atoms with Gasteiger partial charge >= 0.3 is 6.03 Å². The SMILES string of the molecule is CCOc1ccc(NC(=O)N(CCOC)CC(=O)Nc2cc(C(C)(C)C)nn2-c2ccc(OC)cc2)cc1. The van der Waals surface area contributed by atoms with Crippen LogP contribution in [0.5, 0.6) is 11.5 Å². The molecule has 0 atom stereocenters. The fourth-order valence-electron chi connectivity index (χ4n) is 3.57. The van der Waals surface area contributed by atoms with E-state index in [0.29, 0.717) is 23.9 Å². The van der Waals surface area contributed by atoms with Crippen molar-refractivity contribution in [3.8, 4) is 17.2 Å². The fourth-order valence-corrected chi connectivity index (χ4v) is 3.57. The minimum atomic E-state index is -0.416. The van der Waals surface area contributed by atoms with E-state index in [4.69, 9.17) is 19.3 Å². The second-order valence-corrected chi connectivity index (χ2v) is 9.62. The molecule has 3 aromatic rings. The molecule has 38 heavy (non-hydrogen) atoms. The Morgan fingerprint density at radius 1 is 0.974 bits per heavy atom. The highest BCUT2D eigenvalue weighted by molar-refractivity contribution is 5.96. The number of carbonyl (C=O) groups is 2. The number of hydrogen-bond donors (Lipinski definition) is 2. The quantitative estimate of drug-likeness (QED) is 0.377. The van der Waals surface area contributed by atoms with Crippen LogP contribution in [0.4, 0.5) is 16.3 Å². The van der Waals surface area contributed by atoms with Crippen LogP contribution in [-0.4, -0.2) is 67.1 Å². The van der Waals surface area contributed by atoms with Crippen molar-refractivity contribution in [3.05, 3.63) is 60.3 Å². The molecule has 1 heterocycles. The van der Waals surface area contributed by atoms with Crippen LogP contribution >= 0.6 is 0 Å². The molecule has 1 aromatic heterocycles. The maximum Gasteiger partial charge on any atom is 0.322 e. The van der Waals surface area contributed by atoms with Gasteiger partial charge in [0.1, 0.15) is 23.9 Å². The summed E-state index contributed by atoms with van der Waals surface area (Å²) in [4.78, 5) is 27.6. The van der Waals surface area contributed by atoms with Gasteiger partial charge in [-0.05, 0) is 55.5 Å². The molecule has 0 aliphatic carbocycles. The Balaban J connectivity index is 1.77. The van der Waals surface area contributed by atoms with Gasteiger partial charge in [-0.2, -0.15) is 5.10 Å². The van der Waals surface area contributed by atoms with E-state index in [1.807, 2.05) is 37.3 Å². The lowest BCUT2D eigenvalue weighted by molar-refractivity contribution is -0.116. The highest BCUT2D eigenvalue weighted by Gasteiger charge is 2.23. The number of benzene rings is 2. The lowest BCUT2D eigenvalue weighted by atomic mass is 9.92. The molecule has 0 unspecified atom stereocenters. The number of rotatable bonds is 11. The Kier molecular flexibility index (Phi) is 9.72. The van der Waals surface area contributed by atoms with Gasteiger partial charge in [0.05, 0.1) is 31.7 Å². The molecule has 204 valence electrons. The number of amides is 3. The van der Waals surface area contributed by atoms with E-state index in [9.17, 15) is 9.59 Å². The number of methoxy groups -OCH3 is 2. The zero-order chi connectivity index (χ0) is 27.7. The molecule has 0 radical (unpaired) electrons. The van der Waals surface area contributed by atoms with Gasteiger partial charge in [-0.15, -0.1) is 0 Å². The van der Waals surface area contributed by atoms with Crippen LogP contribution in [0.1, 0.15) is 33.4 Å². The summed E-state index contributed by atoms with van der Waals surface area (Å²) in [5, 5.41) is 10.5. The maximum atomic E-state index is 13.2. The molecule has 0 spiro atoms. The van der Waals surface area contributed by atoms with Gasteiger partial charge in [-0.1, -0.05) is 20.8 Å². The van der Waals surface area contributed by atoms with Crippen LogP contribution in [0.15, 0.2) is 54.6 Å². The molecule has 0 fully saturated rings. The molecule has 0 aliphatic heterocycles. The van der Waals surface area contributed by atoms with Crippen LogP contribution < -0.4 is 20.1 Å². The Morgan fingerprint density at radius 3 is 2.21 bits per heavy atom. The van der Waals surface area contributed by atoms with E-state index < -0.39 is 6.03 Å². The van der Waals surface area contributed by atoms with E-state index >= 15 is 0 Å². The molecule has 3 rings (SSSR count). The molecule has 3 amide bonds. The fraction of sp³-hybridized carbons (Fsp3) is 0.393. The second-order valence-electron chi connectivity index (χ2n) is 9.62. The summed E-state index contributed by atoms with van der Waals surface area (Å²) in [6, 6.07) is 15.9.